The first kappa shape index (κ1) is 14.4. The number of imide groups is 1. The highest BCUT2D eigenvalue weighted by Crippen LogP contribution is 2.28. The van der Waals surface area contributed by atoms with E-state index in [1.54, 1.807) is 0 Å². The average Bonchev–Trinajstić information content (AvgIpc) is 3.07. The second kappa shape index (κ2) is 6.05. The minimum absolute atomic E-state index is 0.283. The van der Waals surface area contributed by atoms with E-state index in [1.165, 1.54) is 17.0 Å². The predicted octanol–water partition coefficient (Wildman–Crippen LogP) is 2.18. The number of fused-ring (bicyclic) bond motifs is 1. The first-order chi connectivity index (χ1) is 10.7. The third-order valence-corrected chi connectivity index (χ3v) is 3.99. The average molecular weight is 297 g/mol. The van der Waals surface area contributed by atoms with E-state index in [-0.39, 0.29) is 17.7 Å². The molecule has 3 rings (SSSR count). The third kappa shape index (κ3) is 2.74. The molecule has 114 valence electrons. The minimum atomic E-state index is -0.355. The molecule has 0 aliphatic carbocycles. The van der Waals surface area contributed by atoms with Crippen LogP contribution in [-0.4, -0.2) is 23.3 Å². The second-order valence-electron chi connectivity index (χ2n) is 5.53. The van der Waals surface area contributed by atoms with Gasteiger partial charge in [0.15, 0.2) is 0 Å². The summed E-state index contributed by atoms with van der Waals surface area (Å²) in [6.45, 7) is 2.77. The van der Waals surface area contributed by atoms with Gasteiger partial charge in [-0.05, 0) is 18.1 Å². The van der Waals surface area contributed by atoms with Gasteiger partial charge >= 0.3 is 0 Å². The number of amides is 2. The molecule has 2 heterocycles. The molecular weight excluding hydrogens is 278 g/mol. The van der Waals surface area contributed by atoms with Crippen molar-refractivity contribution in [2.75, 3.05) is 6.54 Å². The Kier molecular flexibility index (Phi) is 3.96. The molecular formula is C17H19N3O2. The Morgan fingerprint density at radius 3 is 2.77 bits per heavy atom. The van der Waals surface area contributed by atoms with Crippen LogP contribution in [0.15, 0.2) is 42.2 Å². The van der Waals surface area contributed by atoms with Crippen LogP contribution in [0.3, 0.4) is 0 Å². The number of para-hydroxylation sites is 1. The van der Waals surface area contributed by atoms with Gasteiger partial charge in [-0.2, -0.15) is 0 Å². The Labute approximate surface area is 128 Å². The Hall–Kier alpha value is -2.56. The van der Waals surface area contributed by atoms with Gasteiger partial charge in [-0.3, -0.25) is 14.9 Å². The second-order valence-corrected chi connectivity index (χ2v) is 5.53. The van der Waals surface area contributed by atoms with Gasteiger partial charge in [-0.15, -0.1) is 0 Å². The van der Waals surface area contributed by atoms with E-state index in [0.717, 1.165) is 18.4 Å². The lowest BCUT2D eigenvalue weighted by molar-refractivity contribution is -0.124. The number of rotatable bonds is 6. The fraction of sp³-hybridized carbons (Fsp3) is 0.294. The maximum absolute atomic E-state index is 11.6. The molecule has 1 aliphatic rings. The molecule has 0 radical (unpaired) electrons. The number of aromatic amines is 1. The Morgan fingerprint density at radius 1 is 1.23 bits per heavy atom. The summed E-state index contributed by atoms with van der Waals surface area (Å²) in [4.78, 5) is 26.1. The van der Waals surface area contributed by atoms with Crippen LogP contribution in [0.1, 0.15) is 31.2 Å². The predicted molar refractivity (Wildman–Crippen MR) is 85.2 cm³/mol. The van der Waals surface area contributed by atoms with Crippen molar-refractivity contribution in [3.8, 4) is 0 Å². The van der Waals surface area contributed by atoms with Crippen molar-refractivity contribution >= 4 is 22.7 Å². The number of carbonyl (C=O) groups is 2. The van der Waals surface area contributed by atoms with Crippen LogP contribution in [0.5, 0.6) is 0 Å². The van der Waals surface area contributed by atoms with Crippen molar-refractivity contribution in [3.63, 3.8) is 0 Å². The number of carbonyl (C=O) groups excluding carboxylic acids is 2. The first-order valence-corrected chi connectivity index (χ1v) is 7.56. The van der Waals surface area contributed by atoms with Crippen LogP contribution in [0, 0.1) is 0 Å². The number of hydrogen-bond donors (Lipinski definition) is 3. The van der Waals surface area contributed by atoms with Gasteiger partial charge in [0.05, 0.1) is 0 Å². The highest BCUT2D eigenvalue weighted by Gasteiger charge is 2.22. The van der Waals surface area contributed by atoms with Crippen LogP contribution in [-0.2, 0) is 9.59 Å². The lowest BCUT2D eigenvalue weighted by Gasteiger charge is -2.17. The van der Waals surface area contributed by atoms with Crippen molar-refractivity contribution in [1.29, 1.82) is 0 Å². The normalized spacial score (nSPS) is 15.8. The first-order valence-electron chi connectivity index (χ1n) is 7.56. The zero-order valence-electron chi connectivity index (χ0n) is 12.5. The molecule has 1 aromatic heterocycles. The third-order valence-electron chi connectivity index (χ3n) is 3.99. The smallest absolute Gasteiger partial charge is 0.274 e. The molecule has 0 bridgehead atoms. The van der Waals surface area contributed by atoms with E-state index in [0.29, 0.717) is 12.2 Å². The number of aromatic nitrogens is 1. The molecule has 2 amide bonds. The number of benzene rings is 1. The van der Waals surface area contributed by atoms with E-state index in [9.17, 15) is 9.59 Å². The van der Waals surface area contributed by atoms with E-state index in [2.05, 4.69) is 34.7 Å². The van der Waals surface area contributed by atoms with E-state index < -0.39 is 0 Å². The lowest BCUT2D eigenvalue weighted by Crippen LogP contribution is -2.29. The van der Waals surface area contributed by atoms with Gasteiger partial charge in [0.1, 0.15) is 5.70 Å². The summed E-state index contributed by atoms with van der Waals surface area (Å²) in [5, 5.41) is 6.57. The van der Waals surface area contributed by atoms with Gasteiger partial charge < -0.3 is 10.3 Å². The molecule has 2 aromatic rings. The summed E-state index contributed by atoms with van der Waals surface area (Å²) < 4.78 is 0. The molecule has 1 unspecified atom stereocenters. The van der Waals surface area contributed by atoms with Gasteiger partial charge in [-0.25, -0.2) is 0 Å². The maximum Gasteiger partial charge on any atom is 0.274 e. The summed E-state index contributed by atoms with van der Waals surface area (Å²) in [6, 6.07) is 8.20. The van der Waals surface area contributed by atoms with Crippen LogP contribution < -0.4 is 10.6 Å². The lowest BCUT2D eigenvalue weighted by atomic mass is 9.94. The Bertz CT molecular complexity index is 745. The molecule has 0 saturated carbocycles. The quantitative estimate of drug-likeness (QED) is 0.715. The maximum atomic E-state index is 11.6. The molecule has 1 aromatic carbocycles. The molecule has 5 nitrogen and oxygen atoms in total. The fourth-order valence-electron chi connectivity index (χ4n) is 2.92. The largest absolute Gasteiger partial charge is 0.380 e. The molecule has 22 heavy (non-hydrogen) atoms. The monoisotopic (exact) mass is 297 g/mol. The molecule has 3 N–H and O–H groups in total. The van der Waals surface area contributed by atoms with E-state index in [4.69, 9.17) is 0 Å². The summed E-state index contributed by atoms with van der Waals surface area (Å²) in [5.41, 5.74) is 2.72. The van der Waals surface area contributed by atoms with Crippen molar-refractivity contribution < 1.29 is 9.59 Å². The fourth-order valence-corrected chi connectivity index (χ4v) is 2.92. The van der Waals surface area contributed by atoms with Crippen molar-refractivity contribution in [2.45, 2.75) is 25.7 Å². The number of hydrogen-bond acceptors (Lipinski definition) is 3. The van der Waals surface area contributed by atoms with Gasteiger partial charge in [0.2, 0.25) is 0 Å². The minimum Gasteiger partial charge on any atom is -0.380 e. The molecule has 1 atom stereocenters. The van der Waals surface area contributed by atoms with Crippen LogP contribution >= 0.6 is 0 Å². The molecule has 5 heteroatoms. The number of nitrogens with one attached hydrogen (secondary N) is 3. The topological polar surface area (TPSA) is 74.0 Å². The van der Waals surface area contributed by atoms with Gasteiger partial charge in [-0.1, -0.05) is 31.5 Å². The molecule has 0 fully saturated rings. The molecule has 0 spiro atoms. The van der Waals surface area contributed by atoms with Crippen molar-refractivity contribution in [2.24, 2.45) is 0 Å². The standard InChI is InChI=1S/C17H19N3O2/c1-2-5-11(9-18-15-8-16(21)20-17(15)22)13-10-19-14-7-4-3-6-12(13)14/h3-4,6-8,10-11,19H,2,5,9H2,1H3,(H2,18,20,21,22). The summed E-state index contributed by atoms with van der Waals surface area (Å²) >= 11 is 0. The van der Waals surface area contributed by atoms with Crippen LogP contribution in [0.4, 0.5) is 0 Å². The highest BCUT2D eigenvalue weighted by molar-refractivity contribution is 6.15. The molecule has 0 saturated heterocycles. The molecule has 1 aliphatic heterocycles. The Morgan fingerprint density at radius 2 is 2.05 bits per heavy atom. The SMILES string of the molecule is CCCC(CNC1=CC(=O)NC1=O)c1c[nH]c2ccccc12. The van der Waals surface area contributed by atoms with Crippen LogP contribution in [0.25, 0.3) is 10.9 Å². The highest BCUT2D eigenvalue weighted by atomic mass is 16.2. The Balaban J connectivity index is 1.80. The van der Waals surface area contributed by atoms with Gasteiger partial charge in [0, 0.05) is 35.6 Å². The zero-order chi connectivity index (χ0) is 15.5. The van der Waals surface area contributed by atoms with E-state index in [1.807, 2.05) is 18.3 Å². The van der Waals surface area contributed by atoms with Crippen LogP contribution in [0.2, 0.25) is 0 Å². The summed E-state index contributed by atoms with van der Waals surface area (Å²) in [5.74, 6) is -0.420. The van der Waals surface area contributed by atoms with Crippen molar-refractivity contribution in [1.82, 2.24) is 15.6 Å². The zero-order valence-corrected chi connectivity index (χ0v) is 12.5. The van der Waals surface area contributed by atoms with Gasteiger partial charge in [0.25, 0.3) is 11.8 Å². The summed E-state index contributed by atoms with van der Waals surface area (Å²) in [7, 11) is 0. The van der Waals surface area contributed by atoms with Crippen molar-refractivity contribution in [3.05, 3.63) is 47.8 Å². The van der Waals surface area contributed by atoms with E-state index >= 15 is 0 Å². The summed E-state index contributed by atoms with van der Waals surface area (Å²) in [6.07, 6.45) is 5.43. The number of H-pyrrole nitrogens is 1.